The standard InChI is InChI=1S/C8H11ClN2.ClH/c1-2-8(10)6-3-4-11-5-7(6)9;/h3-5,8H,2,10H2,1H3;1H/t8-;/m1./s1. The van der Waals surface area contributed by atoms with Gasteiger partial charge in [-0.15, -0.1) is 12.4 Å². The van der Waals surface area contributed by atoms with Crippen LogP contribution in [0.1, 0.15) is 24.9 Å². The zero-order valence-electron chi connectivity index (χ0n) is 6.83. The summed E-state index contributed by atoms with van der Waals surface area (Å²) in [5.41, 5.74) is 6.76. The minimum absolute atomic E-state index is 0. The molecule has 2 N–H and O–H groups in total. The van der Waals surface area contributed by atoms with E-state index in [1.54, 1.807) is 12.4 Å². The average molecular weight is 207 g/mol. The molecule has 0 aliphatic rings. The Bertz CT molecular complexity index is 240. The number of nitrogens with zero attached hydrogens (tertiary/aromatic N) is 1. The van der Waals surface area contributed by atoms with E-state index in [-0.39, 0.29) is 18.4 Å². The van der Waals surface area contributed by atoms with Crippen molar-refractivity contribution in [3.8, 4) is 0 Å². The van der Waals surface area contributed by atoms with Crippen LogP contribution in [-0.2, 0) is 0 Å². The Kier molecular flexibility index (Phi) is 5.22. The average Bonchev–Trinajstić information content (AvgIpc) is 2.04. The normalized spacial score (nSPS) is 11.9. The minimum atomic E-state index is 0. The molecule has 68 valence electrons. The number of hydrogen-bond donors (Lipinski definition) is 1. The van der Waals surface area contributed by atoms with Crippen molar-refractivity contribution >= 4 is 24.0 Å². The van der Waals surface area contributed by atoms with Crippen LogP contribution in [0.25, 0.3) is 0 Å². The van der Waals surface area contributed by atoms with Crippen molar-refractivity contribution in [2.75, 3.05) is 0 Å². The number of rotatable bonds is 2. The zero-order chi connectivity index (χ0) is 8.27. The molecule has 0 amide bonds. The summed E-state index contributed by atoms with van der Waals surface area (Å²) < 4.78 is 0. The summed E-state index contributed by atoms with van der Waals surface area (Å²) in [6, 6.07) is 1.89. The van der Waals surface area contributed by atoms with Crippen LogP contribution in [0.3, 0.4) is 0 Å². The van der Waals surface area contributed by atoms with E-state index in [1.165, 1.54) is 0 Å². The number of aromatic nitrogens is 1. The molecule has 0 saturated heterocycles. The topological polar surface area (TPSA) is 38.9 Å². The molecule has 1 heterocycles. The molecule has 12 heavy (non-hydrogen) atoms. The molecule has 2 nitrogen and oxygen atoms in total. The van der Waals surface area contributed by atoms with Crippen molar-refractivity contribution in [2.24, 2.45) is 5.73 Å². The summed E-state index contributed by atoms with van der Waals surface area (Å²) in [6.07, 6.45) is 4.22. The fraction of sp³-hybridized carbons (Fsp3) is 0.375. The van der Waals surface area contributed by atoms with Gasteiger partial charge in [-0.1, -0.05) is 18.5 Å². The molecular formula is C8H12Cl2N2. The van der Waals surface area contributed by atoms with Crippen LogP contribution < -0.4 is 5.73 Å². The highest BCUT2D eigenvalue weighted by Gasteiger charge is 2.06. The van der Waals surface area contributed by atoms with Crippen molar-refractivity contribution in [3.63, 3.8) is 0 Å². The molecule has 4 heteroatoms. The zero-order valence-corrected chi connectivity index (χ0v) is 8.40. The van der Waals surface area contributed by atoms with Crippen LogP contribution in [0.15, 0.2) is 18.5 Å². The van der Waals surface area contributed by atoms with Gasteiger partial charge in [0.05, 0.1) is 5.02 Å². The first-order valence-corrected chi connectivity index (χ1v) is 3.98. The Morgan fingerprint density at radius 2 is 2.33 bits per heavy atom. The van der Waals surface area contributed by atoms with Crippen LogP contribution in [0, 0.1) is 0 Å². The van der Waals surface area contributed by atoms with E-state index in [0.29, 0.717) is 5.02 Å². The molecule has 0 spiro atoms. The summed E-state index contributed by atoms with van der Waals surface area (Å²) in [6.45, 7) is 2.03. The van der Waals surface area contributed by atoms with Gasteiger partial charge in [-0.25, -0.2) is 0 Å². The van der Waals surface area contributed by atoms with E-state index in [0.717, 1.165) is 12.0 Å². The monoisotopic (exact) mass is 206 g/mol. The highest BCUT2D eigenvalue weighted by Crippen LogP contribution is 2.21. The molecule has 1 rings (SSSR count). The Hall–Kier alpha value is -0.310. The smallest absolute Gasteiger partial charge is 0.0637 e. The molecule has 0 aliphatic heterocycles. The van der Waals surface area contributed by atoms with Crippen LogP contribution in [0.2, 0.25) is 5.02 Å². The van der Waals surface area contributed by atoms with E-state index in [9.17, 15) is 0 Å². The van der Waals surface area contributed by atoms with Gasteiger partial charge in [0.2, 0.25) is 0 Å². The third kappa shape index (κ3) is 2.63. The maximum absolute atomic E-state index is 5.86. The maximum atomic E-state index is 5.86. The van der Waals surface area contributed by atoms with Gasteiger partial charge in [0.15, 0.2) is 0 Å². The Morgan fingerprint density at radius 1 is 1.67 bits per heavy atom. The number of halogens is 2. The molecule has 0 saturated carbocycles. The lowest BCUT2D eigenvalue weighted by Crippen LogP contribution is -2.09. The first kappa shape index (κ1) is 11.7. The fourth-order valence-electron chi connectivity index (χ4n) is 0.907. The first-order chi connectivity index (χ1) is 5.25. The fourth-order valence-corrected chi connectivity index (χ4v) is 1.17. The van der Waals surface area contributed by atoms with Crippen molar-refractivity contribution in [2.45, 2.75) is 19.4 Å². The molecule has 1 atom stereocenters. The van der Waals surface area contributed by atoms with Gasteiger partial charge in [0, 0.05) is 18.4 Å². The number of hydrogen-bond acceptors (Lipinski definition) is 2. The van der Waals surface area contributed by atoms with Gasteiger partial charge in [0.25, 0.3) is 0 Å². The van der Waals surface area contributed by atoms with Crippen LogP contribution in [-0.4, -0.2) is 4.98 Å². The molecule has 1 aromatic heterocycles. The molecule has 0 radical (unpaired) electrons. The second kappa shape index (κ2) is 5.36. The van der Waals surface area contributed by atoms with Gasteiger partial charge in [-0.2, -0.15) is 0 Å². The molecule has 1 aromatic rings. The molecule has 0 fully saturated rings. The largest absolute Gasteiger partial charge is 0.324 e. The van der Waals surface area contributed by atoms with Crippen molar-refractivity contribution in [3.05, 3.63) is 29.0 Å². The molecule has 0 bridgehead atoms. The van der Waals surface area contributed by atoms with E-state index in [2.05, 4.69) is 4.98 Å². The van der Waals surface area contributed by atoms with E-state index in [4.69, 9.17) is 17.3 Å². The minimum Gasteiger partial charge on any atom is -0.324 e. The molecular weight excluding hydrogens is 195 g/mol. The lowest BCUT2D eigenvalue weighted by Gasteiger charge is -2.09. The predicted octanol–water partition coefficient (Wildman–Crippen LogP) is 2.57. The summed E-state index contributed by atoms with van der Waals surface area (Å²) in [7, 11) is 0. The van der Waals surface area contributed by atoms with Crippen molar-refractivity contribution in [1.29, 1.82) is 0 Å². The third-order valence-electron chi connectivity index (χ3n) is 1.64. The van der Waals surface area contributed by atoms with Gasteiger partial charge in [-0.05, 0) is 18.1 Å². The maximum Gasteiger partial charge on any atom is 0.0637 e. The summed E-state index contributed by atoms with van der Waals surface area (Å²) in [5, 5.41) is 0.654. The van der Waals surface area contributed by atoms with Gasteiger partial charge in [-0.3, -0.25) is 4.98 Å². The van der Waals surface area contributed by atoms with Crippen LogP contribution >= 0.6 is 24.0 Å². The molecule has 0 unspecified atom stereocenters. The second-order valence-electron chi connectivity index (χ2n) is 2.41. The number of pyridine rings is 1. The Morgan fingerprint density at radius 3 is 2.83 bits per heavy atom. The number of nitrogens with two attached hydrogens (primary N) is 1. The van der Waals surface area contributed by atoms with E-state index in [1.807, 2.05) is 13.0 Å². The highest BCUT2D eigenvalue weighted by molar-refractivity contribution is 6.31. The van der Waals surface area contributed by atoms with E-state index < -0.39 is 0 Å². The lowest BCUT2D eigenvalue weighted by molar-refractivity contribution is 0.697. The van der Waals surface area contributed by atoms with Crippen LogP contribution in [0.5, 0.6) is 0 Å². The summed E-state index contributed by atoms with van der Waals surface area (Å²) in [4.78, 5) is 3.87. The van der Waals surface area contributed by atoms with Gasteiger partial charge >= 0.3 is 0 Å². The molecule has 0 aliphatic carbocycles. The quantitative estimate of drug-likeness (QED) is 0.809. The lowest BCUT2D eigenvalue weighted by atomic mass is 10.1. The van der Waals surface area contributed by atoms with Gasteiger partial charge in [0.1, 0.15) is 0 Å². The summed E-state index contributed by atoms with van der Waals surface area (Å²) in [5.74, 6) is 0. The predicted molar refractivity (Wildman–Crippen MR) is 53.7 cm³/mol. The SMILES string of the molecule is CC[C@@H](N)c1ccncc1Cl.Cl. The van der Waals surface area contributed by atoms with Crippen molar-refractivity contribution < 1.29 is 0 Å². The van der Waals surface area contributed by atoms with Gasteiger partial charge < -0.3 is 5.73 Å². The first-order valence-electron chi connectivity index (χ1n) is 3.60. The Balaban J connectivity index is 0.00000121. The van der Waals surface area contributed by atoms with Crippen molar-refractivity contribution in [1.82, 2.24) is 4.98 Å². The second-order valence-corrected chi connectivity index (χ2v) is 2.82. The van der Waals surface area contributed by atoms with E-state index >= 15 is 0 Å². The summed E-state index contributed by atoms with van der Waals surface area (Å²) >= 11 is 5.86. The highest BCUT2D eigenvalue weighted by atomic mass is 35.5. The molecule has 0 aromatic carbocycles. The van der Waals surface area contributed by atoms with Crippen LogP contribution in [0.4, 0.5) is 0 Å². The Labute approximate surface area is 83.5 Å². The third-order valence-corrected chi connectivity index (χ3v) is 1.96.